The number of carbonyl (C=O) groups excluding carboxylic acids is 1. The lowest BCUT2D eigenvalue weighted by atomic mass is 9.94. The number of likely N-dealkylation sites (tertiary alicyclic amines) is 1. The van der Waals surface area contributed by atoms with Crippen molar-refractivity contribution in [3.8, 4) is 0 Å². The van der Waals surface area contributed by atoms with E-state index in [2.05, 4.69) is 50.7 Å². The number of benzene rings is 1. The van der Waals surface area contributed by atoms with Gasteiger partial charge in [-0.2, -0.15) is 10.2 Å². The Balaban J connectivity index is 1.40. The molecule has 1 aliphatic carbocycles. The van der Waals surface area contributed by atoms with Crippen LogP contribution in [0.25, 0.3) is 0 Å². The number of hydrogen-bond donors (Lipinski definition) is 1. The second kappa shape index (κ2) is 6.84. The van der Waals surface area contributed by atoms with Gasteiger partial charge in [0.15, 0.2) is 0 Å². The molecule has 3 atom stereocenters. The maximum Gasteiger partial charge on any atom is 0.270 e. The van der Waals surface area contributed by atoms with Crippen molar-refractivity contribution in [3.05, 3.63) is 70.8 Å². The molecule has 0 bridgehead atoms. The molecule has 150 valence electrons. The zero-order chi connectivity index (χ0) is 20.1. The van der Waals surface area contributed by atoms with Crippen molar-refractivity contribution < 1.29 is 4.79 Å². The van der Waals surface area contributed by atoms with Gasteiger partial charge in [-0.05, 0) is 30.2 Å². The Morgan fingerprint density at radius 3 is 2.62 bits per heavy atom. The van der Waals surface area contributed by atoms with Gasteiger partial charge in [-0.25, -0.2) is 0 Å². The fraction of sp³-hybridized carbons (Fsp3) is 0.409. The first-order chi connectivity index (χ1) is 14.0. The van der Waals surface area contributed by atoms with Crippen LogP contribution >= 0.6 is 0 Å². The van der Waals surface area contributed by atoms with Crippen molar-refractivity contribution in [2.45, 2.75) is 25.4 Å². The molecule has 1 fully saturated rings. The molecular formula is C22H26N6O. The second-order valence-corrected chi connectivity index (χ2v) is 8.29. The molecule has 0 radical (unpaired) electrons. The molecule has 5 rings (SSSR count). The zero-order valence-electron chi connectivity index (χ0n) is 17.0. The molecule has 1 N–H and O–H groups in total. The van der Waals surface area contributed by atoms with Crippen molar-refractivity contribution in [3.63, 3.8) is 0 Å². The molecule has 2 aromatic heterocycles. The molecule has 1 saturated heterocycles. The Hall–Kier alpha value is -2.93. The van der Waals surface area contributed by atoms with Crippen molar-refractivity contribution in [2.24, 2.45) is 20.0 Å². The summed E-state index contributed by atoms with van der Waals surface area (Å²) >= 11 is 0. The molecule has 0 unspecified atom stereocenters. The third-order valence-corrected chi connectivity index (χ3v) is 6.42. The van der Waals surface area contributed by atoms with Crippen LogP contribution in [0.5, 0.6) is 0 Å². The number of aryl methyl sites for hydroxylation is 3. The van der Waals surface area contributed by atoms with Gasteiger partial charge in [-0.1, -0.05) is 24.3 Å². The Labute approximate surface area is 170 Å². The largest absolute Gasteiger partial charge is 0.344 e. The first kappa shape index (κ1) is 18.1. The van der Waals surface area contributed by atoms with Gasteiger partial charge in [0.05, 0.1) is 17.4 Å². The summed E-state index contributed by atoms with van der Waals surface area (Å²) < 4.78 is 3.60. The maximum atomic E-state index is 12.9. The van der Waals surface area contributed by atoms with Crippen LogP contribution in [-0.2, 0) is 20.6 Å². The van der Waals surface area contributed by atoms with E-state index in [1.807, 2.05) is 18.7 Å². The first-order valence-corrected chi connectivity index (χ1v) is 10.1. The Morgan fingerprint density at radius 1 is 1.14 bits per heavy atom. The van der Waals surface area contributed by atoms with Gasteiger partial charge in [-0.15, -0.1) is 0 Å². The van der Waals surface area contributed by atoms with E-state index in [0.717, 1.165) is 25.3 Å². The van der Waals surface area contributed by atoms with E-state index in [0.29, 0.717) is 17.5 Å². The molecule has 3 heterocycles. The summed E-state index contributed by atoms with van der Waals surface area (Å²) in [6, 6.07) is 12.5. The second-order valence-electron chi connectivity index (χ2n) is 8.29. The van der Waals surface area contributed by atoms with E-state index in [1.54, 1.807) is 24.0 Å². The zero-order valence-corrected chi connectivity index (χ0v) is 17.0. The topological polar surface area (TPSA) is 68.0 Å². The summed E-state index contributed by atoms with van der Waals surface area (Å²) in [5, 5.41) is 11.9. The predicted molar refractivity (Wildman–Crippen MR) is 109 cm³/mol. The fourth-order valence-corrected chi connectivity index (χ4v) is 5.11. The summed E-state index contributed by atoms with van der Waals surface area (Å²) in [7, 11) is 3.80. The Kier molecular flexibility index (Phi) is 4.28. The van der Waals surface area contributed by atoms with Crippen LogP contribution in [0.3, 0.4) is 0 Å². The number of rotatable bonds is 4. The van der Waals surface area contributed by atoms with Gasteiger partial charge < -0.3 is 5.32 Å². The number of nitrogens with zero attached hydrogens (tertiary/aromatic N) is 5. The lowest BCUT2D eigenvalue weighted by molar-refractivity contribution is 0.0914. The van der Waals surface area contributed by atoms with Crippen molar-refractivity contribution in [1.29, 1.82) is 0 Å². The van der Waals surface area contributed by atoms with E-state index in [9.17, 15) is 4.79 Å². The standard InChI is InChI=1S/C22H26N6O/c1-14-10-15(26(2)25-14)11-28-12-18-16-6-4-5-7-17(16)21(19(18)13-28)24-22(29)20-8-9-23-27(20)3/h4-10,18-19,21H,11-13H2,1-3H3,(H,24,29)/t18-,19-,21+/m0/s1. The minimum Gasteiger partial charge on any atom is -0.344 e. The van der Waals surface area contributed by atoms with Gasteiger partial charge in [0, 0.05) is 51.8 Å². The molecule has 2 aliphatic rings. The molecule has 3 aromatic rings. The molecule has 0 spiro atoms. The number of nitrogens with one attached hydrogen (secondary N) is 1. The minimum atomic E-state index is -0.0637. The summed E-state index contributed by atoms with van der Waals surface area (Å²) in [4.78, 5) is 15.4. The van der Waals surface area contributed by atoms with Crippen LogP contribution in [-0.4, -0.2) is 43.5 Å². The van der Waals surface area contributed by atoms with Gasteiger partial charge in [0.2, 0.25) is 0 Å². The van der Waals surface area contributed by atoms with Gasteiger partial charge in [0.25, 0.3) is 5.91 Å². The van der Waals surface area contributed by atoms with Crippen LogP contribution in [0.1, 0.15) is 45.0 Å². The van der Waals surface area contributed by atoms with Crippen LogP contribution in [0.15, 0.2) is 42.6 Å². The number of carbonyl (C=O) groups is 1. The summed E-state index contributed by atoms with van der Waals surface area (Å²) in [5.74, 6) is 0.752. The lowest BCUT2D eigenvalue weighted by Crippen LogP contribution is -2.34. The van der Waals surface area contributed by atoms with E-state index in [4.69, 9.17) is 0 Å². The molecule has 7 nitrogen and oxygen atoms in total. The summed E-state index contributed by atoms with van der Waals surface area (Å²) in [6.07, 6.45) is 1.66. The molecule has 1 aliphatic heterocycles. The SMILES string of the molecule is Cc1cc(CN2C[C@@H]3[C@H](NC(=O)c4ccnn4C)c4ccccc4[C@@H]3C2)n(C)n1. The van der Waals surface area contributed by atoms with E-state index < -0.39 is 0 Å². The van der Waals surface area contributed by atoms with Crippen LogP contribution < -0.4 is 5.32 Å². The molecule has 0 saturated carbocycles. The van der Waals surface area contributed by atoms with Gasteiger partial charge >= 0.3 is 0 Å². The summed E-state index contributed by atoms with van der Waals surface area (Å²) in [6.45, 7) is 4.88. The highest BCUT2D eigenvalue weighted by atomic mass is 16.2. The third kappa shape index (κ3) is 3.06. The molecule has 29 heavy (non-hydrogen) atoms. The van der Waals surface area contributed by atoms with Gasteiger partial charge in [0.1, 0.15) is 5.69 Å². The fourth-order valence-electron chi connectivity index (χ4n) is 5.11. The van der Waals surface area contributed by atoms with Crippen LogP contribution in [0.2, 0.25) is 0 Å². The molecular weight excluding hydrogens is 364 g/mol. The Bertz CT molecular complexity index is 1070. The van der Waals surface area contributed by atoms with E-state index >= 15 is 0 Å². The molecule has 1 amide bonds. The lowest BCUT2D eigenvalue weighted by Gasteiger charge is -2.23. The first-order valence-electron chi connectivity index (χ1n) is 10.1. The smallest absolute Gasteiger partial charge is 0.270 e. The predicted octanol–water partition coefficient (Wildman–Crippen LogP) is 2.16. The number of fused-ring (bicyclic) bond motifs is 3. The van der Waals surface area contributed by atoms with Crippen LogP contribution in [0, 0.1) is 12.8 Å². The maximum absolute atomic E-state index is 12.9. The average Bonchev–Trinajstić information content (AvgIpc) is 3.43. The summed E-state index contributed by atoms with van der Waals surface area (Å²) in [5.41, 5.74) is 5.50. The average molecular weight is 390 g/mol. The van der Waals surface area contributed by atoms with E-state index in [-0.39, 0.29) is 11.9 Å². The van der Waals surface area contributed by atoms with E-state index in [1.165, 1.54) is 16.8 Å². The van der Waals surface area contributed by atoms with Crippen molar-refractivity contribution in [1.82, 2.24) is 29.8 Å². The molecule has 1 aromatic carbocycles. The quantitative estimate of drug-likeness (QED) is 0.741. The van der Waals surface area contributed by atoms with Gasteiger partial charge in [-0.3, -0.25) is 19.1 Å². The monoisotopic (exact) mass is 390 g/mol. The third-order valence-electron chi connectivity index (χ3n) is 6.42. The van der Waals surface area contributed by atoms with Crippen molar-refractivity contribution in [2.75, 3.05) is 13.1 Å². The molecule has 7 heteroatoms. The van der Waals surface area contributed by atoms with Crippen molar-refractivity contribution >= 4 is 5.91 Å². The minimum absolute atomic E-state index is 0.0249. The Morgan fingerprint density at radius 2 is 1.93 bits per heavy atom. The number of aromatic nitrogens is 4. The highest BCUT2D eigenvalue weighted by Gasteiger charge is 2.46. The highest BCUT2D eigenvalue weighted by Crippen LogP contribution is 2.49. The number of hydrogen-bond acceptors (Lipinski definition) is 4. The highest BCUT2D eigenvalue weighted by molar-refractivity contribution is 5.92. The number of amides is 1. The normalized spacial score (nSPS) is 23.2. The van der Waals surface area contributed by atoms with Crippen LogP contribution in [0.4, 0.5) is 0 Å².